The van der Waals surface area contributed by atoms with Gasteiger partial charge in [0.2, 0.25) is 0 Å². The molecule has 4 rings (SSSR count). The summed E-state index contributed by atoms with van der Waals surface area (Å²) < 4.78 is 5.74. The first-order chi connectivity index (χ1) is 18.1. The van der Waals surface area contributed by atoms with Crippen molar-refractivity contribution in [3.63, 3.8) is 0 Å². The zero-order valence-electron chi connectivity index (χ0n) is 22.5. The summed E-state index contributed by atoms with van der Waals surface area (Å²) in [5.41, 5.74) is 5.54. The van der Waals surface area contributed by atoms with Crippen molar-refractivity contribution in [3.05, 3.63) is 59.3 Å². The molecule has 0 atom stereocenters. The number of hydrogen-bond acceptors (Lipinski definition) is 4. The Morgan fingerprint density at radius 2 is 1.57 bits per heavy atom. The molecule has 5 nitrogen and oxygen atoms in total. The van der Waals surface area contributed by atoms with Gasteiger partial charge in [-0.05, 0) is 0 Å². The minimum atomic E-state index is -2.62. The molecule has 0 aromatic heterocycles. The zero-order valence-corrected chi connectivity index (χ0v) is 25.3. The van der Waals surface area contributed by atoms with Crippen molar-refractivity contribution < 1.29 is 9.63 Å². The summed E-state index contributed by atoms with van der Waals surface area (Å²) in [7, 11) is 0. The number of terminal acetylenes is 1. The fourth-order valence-electron chi connectivity index (χ4n) is 5.64. The van der Waals surface area contributed by atoms with Crippen LogP contribution in [-0.2, 0) is 9.63 Å². The molecule has 2 aromatic carbocycles. The summed E-state index contributed by atoms with van der Waals surface area (Å²) in [5, 5.41) is 10.9. The van der Waals surface area contributed by atoms with Gasteiger partial charge in [-0.3, -0.25) is 0 Å². The van der Waals surface area contributed by atoms with Crippen molar-refractivity contribution in [2.45, 2.75) is 72.6 Å². The van der Waals surface area contributed by atoms with E-state index in [1.807, 2.05) is 24.3 Å². The summed E-state index contributed by atoms with van der Waals surface area (Å²) in [5.74, 6) is 2.34. The molecule has 2 aromatic rings. The van der Waals surface area contributed by atoms with E-state index in [4.69, 9.17) is 11.3 Å². The number of rotatable bonds is 12. The Bertz CT molecular complexity index is 1220. The number of nitrogens with zero attached hydrogens (tertiary/aromatic N) is 1. The molecule has 37 heavy (non-hydrogen) atoms. The van der Waals surface area contributed by atoms with Gasteiger partial charge >= 0.3 is 227 Å². The number of para-hydroxylation sites is 1. The van der Waals surface area contributed by atoms with Gasteiger partial charge in [-0.15, -0.1) is 0 Å². The van der Waals surface area contributed by atoms with Crippen LogP contribution in [0.3, 0.4) is 0 Å². The number of carbonyl (C=O) groups excluding carboxylic acids is 1. The van der Waals surface area contributed by atoms with Crippen LogP contribution in [-0.4, -0.2) is 36.6 Å². The number of unbranched alkanes of at least 4 members (excludes halogenated alkanes) is 3. The SMILES string of the molecule is C#CCON=C1C(=C2C(=O)Nc3c[c]([Sn]([CH2]CCC)([CH2]CCC)[CH2]CCC)ccc32)Nc2ccccc21. The Morgan fingerprint density at radius 1 is 0.892 bits per heavy atom. The average molecular weight is 604 g/mol. The maximum atomic E-state index is 13.4. The Kier molecular flexibility index (Phi) is 9.37. The maximum absolute atomic E-state index is 13.4. The minimum absolute atomic E-state index is 0.0722. The van der Waals surface area contributed by atoms with Gasteiger partial charge in [0, 0.05) is 0 Å². The van der Waals surface area contributed by atoms with Crippen molar-refractivity contribution >= 4 is 50.5 Å². The number of benzene rings is 2. The molecule has 1 amide bonds. The normalized spacial score (nSPS) is 17.2. The third-order valence-corrected chi connectivity index (χ3v) is 23.2. The van der Waals surface area contributed by atoms with Crippen LogP contribution >= 0.6 is 0 Å². The number of fused-ring (bicyclic) bond motifs is 2. The zero-order chi connectivity index (χ0) is 26.3. The quantitative estimate of drug-likeness (QED) is 0.0913. The average Bonchev–Trinajstić information content (AvgIpc) is 3.44. The van der Waals surface area contributed by atoms with Gasteiger partial charge in [-0.1, -0.05) is 0 Å². The molecule has 2 aliphatic heterocycles. The van der Waals surface area contributed by atoms with E-state index in [-0.39, 0.29) is 12.5 Å². The van der Waals surface area contributed by atoms with Crippen molar-refractivity contribution in [2.75, 3.05) is 17.2 Å². The van der Waals surface area contributed by atoms with E-state index in [2.05, 4.69) is 60.7 Å². The number of amides is 1. The second-order valence-electron chi connectivity index (χ2n) is 10.1. The summed E-state index contributed by atoms with van der Waals surface area (Å²) in [6, 6.07) is 14.7. The molecular weight excluding hydrogens is 565 g/mol. The molecule has 0 saturated heterocycles. The monoisotopic (exact) mass is 605 g/mol. The van der Waals surface area contributed by atoms with Crippen molar-refractivity contribution in [1.82, 2.24) is 0 Å². The number of hydrogen-bond donors (Lipinski definition) is 2. The number of anilines is 2. The van der Waals surface area contributed by atoms with Crippen LogP contribution in [0.15, 0.2) is 53.3 Å². The van der Waals surface area contributed by atoms with Gasteiger partial charge in [-0.25, -0.2) is 0 Å². The van der Waals surface area contributed by atoms with E-state index in [0.29, 0.717) is 17.0 Å². The summed E-state index contributed by atoms with van der Waals surface area (Å²) in [6.07, 6.45) is 13.0. The van der Waals surface area contributed by atoms with E-state index >= 15 is 0 Å². The van der Waals surface area contributed by atoms with Crippen molar-refractivity contribution in [3.8, 4) is 12.3 Å². The topological polar surface area (TPSA) is 62.7 Å². The van der Waals surface area contributed by atoms with Gasteiger partial charge in [0.25, 0.3) is 0 Å². The van der Waals surface area contributed by atoms with E-state index in [1.54, 1.807) is 3.58 Å². The van der Waals surface area contributed by atoms with Gasteiger partial charge < -0.3 is 0 Å². The third kappa shape index (κ3) is 5.75. The fourth-order valence-corrected chi connectivity index (χ4v) is 21.6. The predicted molar refractivity (Wildman–Crippen MR) is 158 cm³/mol. The fraction of sp³-hybridized carbons (Fsp3) is 0.419. The molecule has 0 saturated carbocycles. The van der Waals surface area contributed by atoms with E-state index < -0.39 is 18.4 Å². The van der Waals surface area contributed by atoms with Gasteiger partial charge in [0.15, 0.2) is 0 Å². The van der Waals surface area contributed by atoms with E-state index in [9.17, 15) is 4.79 Å². The Hall–Kier alpha value is -2.72. The van der Waals surface area contributed by atoms with Gasteiger partial charge in [-0.2, -0.15) is 0 Å². The van der Waals surface area contributed by atoms with Gasteiger partial charge in [0.1, 0.15) is 0 Å². The summed E-state index contributed by atoms with van der Waals surface area (Å²) in [6.45, 7) is 6.98. The standard InChI is InChI=1S/C19H12N3O2.3C4H9.Sn/c1-2-11-24-22-17-13-8-4-6-10-15(13)20-18(17)16-12-7-3-5-9-14(12)21-19(16)23;3*1-3-4-2;/h1,3-4,6-10,20H,11H2,(H,21,23);3*1,3-4H2,2H3;. The van der Waals surface area contributed by atoms with Crippen molar-refractivity contribution in [2.24, 2.45) is 5.16 Å². The number of carbonyl (C=O) groups is 1. The Balaban J connectivity index is 1.78. The second-order valence-corrected chi connectivity index (χ2v) is 23.4. The molecule has 2 N–H and O–H groups in total. The summed E-state index contributed by atoms with van der Waals surface area (Å²) >= 11 is -2.62. The van der Waals surface area contributed by atoms with Crippen LogP contribution in [0.5, 0.6) is 0 Å². The number of nitrogens with one attached hydrogen (secondary N) is 2. The molecule has 0 fully saturated rings. The molecule has 0 aliphatic carbocycles. The molecule has 194 valence electrons. The first-order valence-corrected chi connectivity index (χ1v) is 21.3. The molecule has 0 unspecified atom stereocenters. The molecule has 2 aliphatic rings. The molecule has 0 spiro atoms. The number of oxime groups is 1. The molecule has 2 heterocycles. The van der Waals surface area contributed by atoms with Crippen LogP contribution in [0.25, 0.3) is 5.57 Å². The van der Waals surface area contributed by atoms with Crippen molar-refractivity contribution in [1.29, 1.82) is 0 Å². The van der Waals surface area contributed by atoms with Crippen LogP contribution in [0.2, 0.25) is 13.3 Å². The van der Waals surface area contributed by atoms with E-state index in [0.717, 1.165) is 22.5 Å². The van der Waals surface area contributed by atoms with Crippen LogP contribution < -0.4 is 14.2 Å². The number of allylic oxidation sites excluding steroid dienone is 1. The third-order valence-electron chi connectivity index (χ3n) is 7.64. The van der Waals surface area contributed by atoms with Gasteiger partial charge in [0.05, 0.1) is 0 Å². The van der Waals surface area contributed by atoms with Crippen LogP contribution in [0, 0.1) is 12.3 Å². The first kappa shape index (κ1) is 27.3. The first-order valence-electron chi connectivity index (χ1n) is 13.8. The predicted octanol–water partition coefficient (Wildman–Crippen LogP) is 6.89. The Labute approximate surface area is 226 Å². The Morgan fingerprint density at radius 3 is 2.22 bits per heavy atom. The molecular formula is C31H39N3O2Sn. The van der Waals surface area contributed by atoms with E-state index in [1.165, 1.54) is 51.8 Å². The van der Waals surface area contributed by atoms with Crippen LogP contribution in [0.4, 0.5) is 11.4 Å². The molecule has 0 bridgehead atoms. The molecule has 6 heteroatoms. The van der Waals surface area contributed by atoms with Crippen LogP contribution in [0.1, 0.15) is 70.4 Å². The molecule has 0 radical (unpaired) electrons. The second kappa shape index (κ2) is 12.7. The summed E-state index contributed by atoms with van der Waals surface area (Å²) in [4.78, 5) is 18.8.